The minimum atomic E-state index is 0.111. The van der Waals surface area contributed by atoms with Crippen LogP contribution in [0.15, 0.2) is 24.4 Å². The van der Waals surface area contributed by atoms with E-state index in [1.165, 1.54) is 5.69 Å². The van der Waals surface area contributed by atoms with Crippen LogP contribution in [0.25, 0.3) is 6.20 Å². The van der Waals surface area contributed by atoms with Crippen LogP contribution >= 0.6 is 0 Å². The molecule has 1 aromatic heterocycles. The number of fused-ring (bicyclic) bond motifs is 1. The predicted molar refractivity (Wildman–Crippen MR) is 36.7 cm³/mol. The lowest BCUT2D eigenvalue weighted by Crippen LogP contribution is -2.04. The van der Waals surface area contributed by atoms with Crippen molar-refractivity contribution >= 4 is 6.20 Å². The molecule has 0 bridgehead atoms. The Balaban J connectivity index is 2.60. The Morgan fingerprint density at radius 3 is 3.22 bits per heavy atom. The van der Waals surface area contributed by atoms with E-state index in [1.807, 2.05) is 35.2 Å². The number of aromatic nitrogens is 1. The lowest BCUT2D eigenvalue weighted by Gasteiger charge is -1.97. The molecule has 0 spiro atoms. The Hall–Kier alpha value is -1.02. The zero-order valence-corrected chi connectivity index (χ0v) is 4.99. The average molecular weight is 120 g/mol. The van der Waals surface area contributed by atoms with Gasteiger partial charge >= 0.3 is 0 Å². The van der Waals surface area contributed by atoms with Crippen molar-refractivity contribution in [1.82, 2.24) is 4.57 Å². The van der Waals surface area contributed by atoms with Gasteiger partial charge in [-0.2, -0.15) is 0 Å². The maximum absolute atomic E-state index is 5.68. The summed E-state index contributed by atoms with van der Waals surface area (Å²) in [6.07, 6.45) is 5.97. The summed E-state index contributed by atoms with van der Waals surface area (Å²) >= 11 is 0. The zero-order valence-electron chi connectivity index (χ0n) is 4.99. The first-order valence-corrected chi connectivity index (χ1v) is 2.98. The van der Waals surface area contributed by atoms with Gasteiger partial charge < -0.3 is 10.3 Å². The van der Waals surface area contributed by atoms with E-state index >= 15 is 0 Å². The quantitative estimate of drug-likeness (QED) is 0.543. The molecule has 1 aliphatic rings. The normalized spacial score (nSPS) is 22.6. The fourth-order valence-electron chi connectivity index (χ4n) is 1.11. The third-order valence-electron chi connectivity index (χ3n) is 1.61. The smallest absolute Gasteiger partial charge is 0.0656 e. The van der Waals surface area contributed by atoms with Crippen LogP contribution in [0.1, 0.15) is 11.7 Å². The molecule has 0 saturated carbocycles. The fourth-order valence-corrected chi connectivity index (χ4v) is 1.11. The molecule has 2 rings (SSSR count). The summed E-state index contributed by atoms with van der Waals surface area (Å²) in [5, 5.41) is 0. The molecule has 1 atom stereocenters. The summed E-state index contributed by atoms with van der Waals surface area (Å²) in [6, 6.07) is 4.14. The number of hydrogen-bond donors (Lipinski definition) is 1. The van der Waals surface area contributed by atoms with Gasteiger partial charge in [0.05, 0.1) is 6.04 Å². The maximum atomic E-state index is 5.68. The largest absolute Gasteiger partial charge is 0.326 e. The Kier molecular flexibility index (Phi) is 0.794. The minimum absolute atomic E-state index is 0.111. The first-order valence-electron chi connectivity index (χ1n) is 2.98. The molecule has 46 valence electrons. The summed E-state index contributed by atoms with van der Waals surface area (Å²) < 4.78 is 2.03. The third kappa shape index (κ3) is 0.535. The lowest BCUT2D eigenvalue weighted by molar-refractivity contribution is 0.882. The monoisotopic (exact) mass is 120 g/mol. The molecule has 2 heteroatoms. The highest BCUT2D eigenvalue weighted by atomic mass is 15.0. The molecule has 0 fully saturated rings. The Labute approximate surface area is 53.6 Å². The highest BCUT2D eigenvalue weighted by Crippen LogP contribution is 2.19. The van der Waals surface area contributed by atoms with Crippen molar-refractivity contribution in [1.29, 1.82) is 0 Å². The van der Waals surface area contributed by atoms with Crippen molar-refractivity contribution in [2.75, 3.05) is 0 Å². The molecule has 9 heavy (non-hydrogen) atoms. The van der Waals surface area contributed by atoms with Crippen molar-refractivity contribution in [2.24, 2.45) is 5.73 Å². The lowest BCUT2D eigenvalue weighted by atomic mass is 10.2. The predicted octanol–water partition coefficient (Wildman–Crippen LogP) is 0.972. The molecular weight excluding hydrogens is 112 g/mol. The van der Waals surface area contributed by atoms with Crippen LogP contribution in [0, 0.1) is 0 Å². The van der Waals surface area contributed by atoms with E-state index < -0.39 is 0 Å². The van der Waals surface area contributed by atoms with Crippen molar-refractivity contribution in [3.8, 4) is 0 Å². The van der Waals surface area contributed by atoms with E-state index in [0.29, 0.717) is 0 Å². The number of hydrogen-bond acceptors (Lipinski definition) is 1. The molecule has 2 N–H and O–H groups in total. The minimum Gasteiger partial charge on any atom is -0.326 e. The number of rotatable bonds is 0. The Bertz CT molecular complexity index is 247. The molecule has 0 amide bonds. The third-order valence-corrected chi connectivity index (χ3v) is 1.61. The van der Waals surface area contributed by atoms with Crippen LogP contribution in [0.4, 0.5) is 0 Å². The van der Waals surface area contributed by atoms with Crippen molar-refractivity contribution < 1.29 is 0 Å². The summed E-state index contributed by atoms with van der Waals surface area (Å²) in [7, 11) is 0. The van der Waals surface area contributed by atoms with Gasteiger partial charge in [0.1, 0.15) is 0 Å². The second-order valence-corrected chi connectivity index (χ2v) is 2.21. The van der Waals surface area contributed by atoms with E-state index in [9.17, 15) is 0 Å². The van der Waals surface area contributed by atoms with Crippen molar-refractivity contribution in [2.45, 2.75) is 6.04 Å². The molecule has 1 aliphatic heterocycles. The van der Waals surface area contributed by atoms with E-state index in [0.717, 1.165) is 0 Å². The SMILES string of the molecule is NC1C=Cn2cccc21. The van der Waals surface area contributed by atoms with Gasteiger partial charge in [0.2, 0.25) is 0 Å². The average Bonchev–Trinajstić information content (AvgIpc) is 2.35. The van der Waals surface area contributed by atoms with Gasteiger partial charge in [-0.1, -0.05) is 0 Å². The van der Waals surface area contributed by atoms with E-state index in [1.54, 1.807) is 0 Å². The first-order chi connectivity index (χ1) is 4.38. The topological polar surface area (TPSA) is 30.9 Å². The van der Waals surface area contributed by atoms with Crippen LogP contribution in [-0.2, 0) is 0 Å². The second kappa shape index (κ2) is 1.48. The van der Waals surface area contributed by atoms with Crippen molar-refractivity contribution in [3.05, 3.63) is 30.1 Å². The first kappa shape index (κ1) is 4.82. The maximum Gasteiger partial charge on any atom is 0.0656 e. The van der Waals surface area contributed by atoms with Gasteiger partial charge in [-0.15, -0.1) is 0 Å². The highest BCUT2D eigenvalue weighted by Gasteiger charge is 2.10. The van der Waals surface area contributed by atoms with Crippen LogP contribution in [-0.4, -0.2) is 4.57 Å². The molecule has 1 aromatic rings. The fraction of sp³-hybridized carbons (Fsp3) is 0.143. The van der Waals surface area contributed by atoms with Gasteiger partial charge in [0.15, 0.2) is 0 Å². The zero-order chi connectivity index (χ0) is 6.27. The van der Waals surface area contributed by atoms with E-state index in [2.05, 4.69) is 0 Å². The van der Waals surface area contributed by atoms with E-state index in [-0.39, 0.29) is 6.04 Å². The van der Waals surface area contributed by atoms with E-state index in [4.69, 9.17) is 5.73 Å². The van der Waals surface area contributed by atoms with Gasteiger partial charge in [0, 0.05) is 18.1 Å². The Morgan fingerprint density at radius 2 is 2.44 bits per heavy atom. The molecule has 2 nitrogen and oxygen atoms in total. The molecule has 0 saturated heterocycles. The summed E-state index contributed by atoms with van der Waals surface area (Å²) in [5.41, 5.74) is 6.86. The molecule has 0 radical (unpaired) electrons. The summed E-state index contributed by atoms with van der Waals surface area (Å²) in [5.74, 6) is 0. The summed E-state index contributed by atoms with van der Waals surface area (Å²) in [6.45, 7) is 0. The number of nitrogens with zero attached hydrogens (tertiary/aromatic N) is 1. The highest BCUT2D eigenvalue weighted by molar-refractivity contribution is 5.39. The Morgan fingerprint density at radius 1 is 1.56 bits per heavy atom. The van der Waals surface area contributed by atoms with Crippen LogP contribution < -0.4 is 5.73 Å². The number of nitrogens with two attached hydrogens (primary N) is 1. The van der Waals surface area contributed by atoms with Gasteiger partial charge in [-0.05, 0) is 18.2 Å². The van der Waals surface area contributed by atoms with Gasteiger partial charge in [-0.3, -0.25) is 0 Å². The van der Waals surface area contributed by atoms with Crippen molar-refractivity contribution in [3.63, 3.8) is 0 Å². The second-order valence-electron chi connectivity index (χ2n) is 2.21. The molecular formula is C7H8N2. The van der Waals surface area contributed by atoms with Crippen LogP contribution in [0.3, 0.4) is 0 Å². The molecule has 1 unspecified atom stereocenters. The van der Waals surface area contributed by atoms with Crippen LogP contribution in [0.5, 0.6) is 0 Å². The molecule has 0 aromatic carbocycles. The standard InChI is InChI=1S/C7H8N2/c8-6-3-5-9-4-1-2-7(6)9/h1-6H,8H2. The summed E-state index contributed by atoms with van der Waals surface area (Å²) in [4.78, 5) is 0. The van der Waals surface area contributed by atoms with Crippen LogP contribution in [0.2, 0.25) is 0 Å². The molecule has 0 aliphatic carbocycles. The van der Waals surface area contributed by atoms with Gasteiger partial charge in [0.25, 0.3) is 0 Å². The molecule has 2 heterocycles. The van der Waals surface area contributed by atoms with Gasteiger partial charge in [-0.25, -0.2) is 0 Å².